The fourth-order valence-electron chi connectivity index (χ4n) is 2.53. The van der Waals surface area contributed by atoms with E-state index in [0.717, 1.165) is 12.8 Å². The fraction of sp³-hybridized carbons (Fsp3) is 0.615. The normalized spacial score (nSPS) is 21.7. The van der Waals surface area contributed by atoms with E-state index in [4.69, 9.17) is 5.73 Å². The van der Waals surface area contributed by atoms with Crippen molar-refractivity contribution in [3.63, 3.8) is 0 Å². The third kappa shape index (κ3) is 2.67. The first-order chi connectivity index (χ1) is 9.52. The molecule has 7 heteroatoms. The van der Waals surface area contributed by atoms with Gasteiger partial charge in [0.25, 0.3) is 5.91 Å². The molecular weight excluding hydrogens is 276 g/mol. The molecule has 1 saturated heterocycles. The molecule has 0 aliphatic carbocycles. The van der Waals surface area contributed by atoms with Crippen molar-refractivity contribution in [2.75, 3.05) is 23.7 Å². The van der Waals surface area contributed by atoms with Gasteiger partial charge >= 0.3 is 0 Å². The van der Waals surface area contributed by atoms with E-state index < -0.39 is 16.7 Å². The first-order valence-corrected chi connectivity index (χ1v) is 8.09. The van der Waals surface area contributed by atoms with Gasteiger partial charge in [0.2, 0.25) is 0 Å². The van der Waals surface area contributed by atoms with Crippen LogP contribution >= 0.6 is 0 Å². The standard InChI is InChI=1S/C13H20N4O2S/c1-3-13(4-2)9-17(5-6-20(13)19)11-8-15-7-10(16-11)12(14)18/h7-8H,3-6,9H2,1-2H3,(H2,14,18). The number of rotatable bonds is 4. The van der Waals surface area contributed by atoms with Crippen molar-refractivity contribution < 1.29 is 9.00 Å². The largest absolute Gasteiger partial charge is 0.364 e. The van der Waals surface area contributed by atoms with Gasteiger partial charge in [-0.1, -0.05) is 13.8 Å². The van der Waals surface area contributed by atoms with Crippen molar-refractivity contribution in [2.24, 2.45) is 5.73 Å². The predicted molar refractivity (Wildman–Crippen MR) is 79.1 cm³/mol. The SMILES string of the molecule is CCC1(CC)CN(c2cncc(C(N)=O)n2)CCS1=O. The number of carbonyl (C=O) groups excluding carboxylic acids is 1. The van der Waals surface area contributed by atoms with Gasteiger partial charge in [-0.05, 0) is 12.8 Å². The van der Waals surface area contributed by atoms with Crippen molar-refractivity contribution in [1.29, 1.82) is 0 Å². The Labute approximate surface area is 121 Å². The van der Waals surface area contributed by atoms with E-state index in [1.807, 2.05) is 4.90 Å². The molecule has 1 unspecified atom stereocenters. The molecule has 2 N–H and O–H groups in total. The maximum absolute atomic E-state index is 12.3. The maximum atomic E-state index is 12.3. The number of aromatic nitrogens is 2. The number of nitrogens with two attached hydrogens (primary N) is 1. The van der Waals surface area contributed by atoms with Gasteiger partial charge in [-0.3, -0.25) is 14.0 Å². The van der Waals surface area contributed by atoms with E-state index in [2.05, 4.69) is 23.8 Å². The van der Waals surface area contributed by atoms with Crippen LogP contribution in [0.15, 0.2) is 12.4 Å². The molecule has 2 rings (SSSR count). The van der Waals surface area contributed by atoms with Crippen LogP contribution in [-0.2, 0) is 10.8 Å². The molecule has 1 amide bonds. The molecule has 0 saturated carbocycles. The average Bonchev–Trinajstić information content (AvgIpc) is 2.48. The minimum absolute atomic E-state index is 0.160. The van der Waals surface area contributed by atoms with E-state index in [1.54, 1.807) is 6.20 Å². The van der Waals surface area contributed by atoms with E-state index in [-0.39, 0.29) is 10.4 Å². The van der Waals surface area contributed by atoms with Crippen LogP contribution in [0.25, 0.3) is 0 Å². The van der Waals surface area contributed by atoms with Gasteiger partial charge < -0.3 is 10.6 Å². The van der Waals surface area contributed by atoms with Crippen LogP contribution in [0, 0.1) is 0 Å². The molecule has 0 aromatic carbocycles. The summed E-state index contributed by atoms with van der Waals surface area (Å²) in [6, 6.07) is 0. The molecule has 20 heavy (non-hydrogen) atoms. The summed E-state index contributed by atoms with van der Waals surface area (Å²) in [6.45, 7) is 5.46. The first kappa shape index (κ1) is 14.9. The summed E-state index contributed by atoms with van der Waals surface area (Å²) >= 11 is 0. The van der Waals surface area contributed by atoms with E-state index in [1.165, 1.54) is 6.20 Å². The maximum Gasteiger partial charge on any atom is 0.268 e. The summed E-state index contributed by atoms with van der Waals surface area (Å²) in [5.74, 6) is 0.658. The van der Waals surface area contributed by atoms with Crippen LogP contribution in [0.5, 0.6) is 0 Å². The molecule has 6 nitrogen and oxygen atoms in total. The van der Waals surface area contributed by atoms with E-state index in [0.29, 0.717) is 24.7 Å². The number of hydrogen-bond acceptors (Lipinski definition) is 5. The molecule has 0 radical (unpaired) electrons. The molecular formula is C13H20N4O2S. The van der Waals surface area contributed by atoms with Gasteiger partial charge in [0.1, 0.15) is 11.5 Å². The van der Waals surface area contributed by atoms with Crippen molar-refractivity contribution >= 4 is 22.5 Å². The zero-order valence-electron chi connectivity index (χ0n) is 11.8. The zero-order chi connectivity index (χ0) is 14.8. The van der Waals surface area contributed by atoms with Gasteiger partial charge in [0.15, 0.2) is 0 Å². The minimum Gasteiger partial charge on any atom is -0.364 e. The number of carbonyl (C=O) groups is 1. The Morgan fingerprint density at radius 2 is 2.15 bits per heavy atom. The lowest BCUT2D eigenvalue weighted by Crippen LogP contribution is -2.53. The third-order valence-corrected chi connectivity index (χ3v) is 6.22. The molecule has 1 fully saturated rings. The van der Waals surface area contributed by atoms with Gasteiger partial charge in [0, 0.05) is 29.6 Å². The molecule has 0 spiro atoms. The molecule has 0 bridgehead atoms. The van der Waals surface area contributed by atoms with Gasteiger partial charge in [-0.15, -0.1) is 0 Å². The summed E-state index contributed by atoms with van der Waals surface area (Å²) in [7, 11) is -0.827. The summed E-state index contributed by atoms with van der Waals surface area (Å²) in [5.41, 5.74) is 5.39. The van der Waals surface area contributed by atoms with E-state index >= 15 is 0 Å². The Bertz CT molecular complexity index is 531. The highest BCUT2D eigenvalue weighted by Crippen LogP contribution is 2.30. The van der Waals surface area contributed by atoms with Crippen molar-refractivity contribution in [3.05, 3.63) is 18.1 Å². The Hall–Kier alpha value is -1.50. The Balaban J connectivity index is 2.28. The number of amides is 1. The zero-order valence-corrected chi connectivity index (χ0v) is 12.7. The van der Waals surface area contributed by atoms with Gasteiger partial charge in [-0.2, -0.15) is 0 Å². The first-order valence-electron chi connectivity index (χ1n) is 6.77. The summed E-state index contributed by atoms with van der Waals surface area (Å²) in [6.07, 6.45) is 4.70. The highest BCUT2D eigenvalue weighted by Gasteiger charge is 2.39. The quantitative estimate of drug-likeness (QED) is 0.883. The lowest BCUT2D eigenvalue weighted by molar-refractivity contribution is 0.0995. The topological polar surface area (TPSA) is 89.2 Å². The van der Waals surface area contributed by atoms with Crippen LogP contribution in [0.4, 0.5) is 5.82 Å². The monoisotopic (exact) mass is 296 g/mol. The van der Waals surface area contributed by atoms with Crippen molar-refractivity contribution in [1.82, 2.24) is 9.97 Å². The van der Waals surface area contributed by atoms with Gasteiger partial charge in [-0.25, -0.2) is 4.98 Å². The van der Waals surface area contributed by atoms with Crippen LogP contribution in [-0.4, -0.2) is 43.7 Å². The number of hydrogen-bond donors (Lipinski definition) is 1. The highest BCUT2D eigenvalue weighted by molar-refractivity contribution is 7.86. The molecule has 110 valence electrons. The van der Waals surface area contributed by atoms with Gasteiger partial charge in [0.05, 0.1) is 17.1 Å². The molecule has 1 aliphatic rings. The van der Waals surface area contributed by atoms with Crippen molar-refractivity contribution in [2.45, 2.75) is 31.4 Å². The summed E-state index contributed by atoms with van der Waals surface area (Å²) < 4.78 is 12.1. The van der Waals surface area contributed by atoms with Crippen molar-refractivity contribution in [3.8, 4) is 0 Å². The lowest BCUT2D eigenvalue weighted by Gasteiger charge is -2.41. The number of nitrogens with zero attached hydrogens (tertiary/aromatic N) is 3. The minimum atomic E-state index is -0.827. The molecule has 1 aliphatic heterocycles. The highest BCUT2D eigenvalue weighted by atomic mass is 32.2. The molecule has 1 aromatic heterocycles. The second-order valence-corrected chi connectivity index (χ2v) is 6.95. The Morgan fingerprint density at radius 1 is 1.45 bits per heavy atom. The number of anilines is 1. The second-order valence-electron chi connectivity index (χ2n) is 4.99. The smallest absolute Gasteiger partial charge is 0.268 e. The average molecular weight is 296 g/mol. The van der Waals surface area contributed by atoms with Crippen LogP contribution in [0.1, 0.15) is 37.2 Å². The van der Waals surface area contributed by atoms with E-state index in [9.17, 15) is 9.00 Å². The number of primary amides is 1. The molecule has 1 aromatic rings. The molecule has 1 atom stereocenters. The van der Waals surface area contributed by atoms with Crippen LogP contribution in [0.3, 0.4) is 0 Å². The second kappa shape index (κ2) is 5.87. The fourth-order valence-corrected chi connectivity index (χ4v) is 4.29. The summed E-state index contributed by atoms with van der Waals surface area (Å²) in [4.78, 5) is 21.5. The third-order valence-electron chi connectivity index (χ3n) is 4.00. The molecule has 2 heterocycles. The van der Waals surface area contributed by atoms with Crippen LogP contribution < -0.4 is 10.6 Å². The van der Waals surface area contributed by atoms with Crippen LogP contribution in [0.2, 0.25) is 0 Å². The predicted octanol–water partition coefficient (Wildman–Crippen LogP) is 0.703. The Kier molecular flexibility index (Phi) is 4.37. The lowest BCUT2D eigenvalue weighted by atomic mass is 10.0. The summed E-state index contributed by atoms with van der Waals surface area (Å²) in [5, 5.41) is 0. The Morgan fingerprint density at radius 3 is 2.75 bits per heavy atom.